The topological polar surface area (TPSA) is 42.2 Å². The number of benzene rings is 2. The average Bonchev–Trinajstić information content (AvgIpc) is 2.60. The summed E-state index contributed by atoms with van der Waals surface area (Å²) in [5.74, 6) is 3.58. The normalized spacial score (nSPS) is 10.7. The van der Waals surface area contributed by atoms with E-state index in [-0.39, 0.29) is 6.61 Å². The standard InChI is InChI=1S/C21H18BrNO2/c1-4-10-25-21-19(22)12-16(13-20(21)24-5-2)11-18(14-23)17-8-6-15(3)7-9-17/h1,6-9,11-13H,5,10H2,2-3H3/b18-11+. The summed E-state index contributed by atoms with van der Waals surface area (Å²) in [6.07, 6.45) is 7.08. The van der Waals surface area contributed by atoms with Crippen molar-refractivity contribution in [3.8, 4) is 29.9 Å². The lowest BCUT2D eigenvalue weighted by Crippen LogP contribution is -2.00. The third kappa shape index (κ3) is 4.89. The Morgan fingerprint density at radius 2 is 1.96 bits per heavy atom. The Labute approximate surface area is 157 Å². The van der Waals surface area contributed by atoms with Gasteiger partial charge < -0.3 is 9.47 Å². The molecule has 0 amide bonds. The van der Waals surface area contributed by atoms with E-state index >= 15 is 0 Å². The number of nitrogens with zero attached hydrogens (tertiary/aromatic N) is 1. The minimum atomic E-state index is 0.153. The van der Waals surface area contributed by atoms with Crippen LogP contribution in [0.5, 0.6) is 11.5 Å². The summed E-state index contributed by atoms with van der Waals surface area (Å²) in [6.45, 7) is 4.56. The molecular weight excluding hydrogens is 378 g/mol. The molecule has 0 bridgehead atoms. The van der Waals surface area contributed by atoms with E-state index in [4.69, 9.17) is 15.9 Å². The number of ether oxygens (including phenoxy) is 2. The molecule has 0 heterocycles. The van der Waals surface area contributed by atoms with Gasteiger partial charge in [-0.3, -0.25) is 0 Å². The molecule has 25 heavy (non-hydrogen) atoms. The van der Waals surface area contributed by atoms with E-state index in [0.717, 1.165) is 21.2 Å². The van der Waals surface area contributed by atoms with Crippen LogP contribution in [-0.4, -0.2) is 13.2 Å². The van der Waals surface area contributed by atoms with Gasteiger partial charge in [-0.25, -0.2) is 0 Å². The van der Waals surface area contributed by atoms with E-state index in [1.807, 2.05) is 56.3 Å². The van der Waals surface area contributed by atoms with Gasteiger partial charge in [0.1, 0.15) is 6.61 Å². The van der Waals surface area contributed by atoms with E-state index in [0.29, 0.717) is 23.7 Å². The maximum absolute atomic E-state index is 9.51. The highest BCUT2D eigenvalue weighted by atomic mass is 79.9. The first-order valence-electron chi connectivity index (χ1n) is 7.80. The molecule has 0 radical (unpaired) electrons. The fourth-order valence-corrected chi connectivity index (χ4v) is 2.84. The van der Waals surface area contributed by atoms with Crippen molar-refractivity contribution in [3.63, 3.8) is 0 Å². The van der Waals surface area contributed by atoms with Gasteiger partial charge >= 0.3 is 0 Å². The van der Waals surface area contributed by atoms with Gasteiger partial charge in [-0.2, -0.15) is 5.26 Å². The fourth-order valence-electron chi connectivity index (χ4n) is 2.27. The van der Waals surface area contributed by atoms with Crippen molar-refractivity contribution in [1.82, 2.24) is 0 Å². The van der Waals surface area contributed by atoms with Crippen LogP contribution >= 0.6 is 15.9 Å². The molecule has 0 N–H and O–H groups in total. The predicted octanol–water partition coefficient (Wildman–Crippen LogP) is 5.23. The van der Waals surface area contributed by atoms with Crippen LogP contribution in [-0.2, 0) is 0 Å². The average molecular weight is 396 g/mol. The Bertz CT molecular complexity index is 855. The van der Waals surface area contributed by atoms with Crippen LogP contribution in [0.15, 0.2) is 40.9 Å². The van der Waals surface area contributed by atoms with E-state index in [1.54, 1.807) is 0 Å². The molecule has 4 heteroatoms. The van der Waals surface area contributed by atoms with Crippen LogP contribution in [0.4, 0.5) is 0 Å². The minimum Gasteiger partial charge on any atom is -0.490 e. The molecule has 0 unspecified atom stereocenters. The zero-order chi connectivity index (χ0) is 18.2. The minimum absolute atomic E-state index is 0.153. The third-order valence-corrected chi connectivity index (χ3v) is 4.01. The Morgan fingerprint density at radius 3 is 2.56 bits per heavy atom. The molecular formula is C21H18BrNO2. The van der Waals surface area contributed by atoms with E-state index in [9.17, 15) is 5.26 Å². The Kier molecular flexibility index (Phi) is 6.69. The highest BCUT2D eigenvalue weighted by Crippen LogP contribution is 2.37. The lowest BCUT2D eigenvalue weighted by atomic mass is 10.0. The summed E-state index contributed by atoms with van der Waals surface area (Å²) in [5.41, 5.74) is 3.43. The summed E-state index contributed by atoms with van der Waals surface area (Å²) in [6, 6.07) is 13.8. The second-order valence-electron chi connectivity index (χ2n) is 5.29. The molecule has 0 spiro atoms. The number of terminal acetylenes is 1. The Balaban J connectivity index is 2.45. The van der Waals surface area contributed by atoms with E-state index in [2.05, 4.69) is 27.9 Å². The molecule has 0 saturated carbocycles. The van der Waals surface area contributed by atoms with Gasteiger partial charge in [-0.1, -0.05) is 35.7 Å². The predicted molar refractivity (Wildman–Crippen MR) is 104 cm³/mol. The molecule has 2 rings (SSSR count). The summed E-state index contributed by atoms with van der Waals surface area (Å²) >= 11 is 3.49. The van der Waals surface area contributed by atoms with Crippen LogP contribution in [0.3, 0.4) is 0 Å². The van der Waals surface area contributed by atoms with Crippen molar-refractivity contribution in [2.45, 2.75) is 13.8 Å². The van der Waals surface area contributed by atoms with Crippen molar-refractivity contribution in [1.29, 1.82) is 5.26 Å². The van der Waals surface area contributed by atoms with Crippen LogP contribution in [0.25, 0.3) is 11.6 Å². The number of aryl methyl sites for hydroxylation is 1. The molecule has 3 nitrogen and oxygen atoms in total. The fraction of sp³-hybridized carbons (Fsp3) is 0.190. The van der Waals surface area contributed by atoms with Gasteiger partial charge in [0.25, 0.3) is 0 Å². The first kappa shape index (κ1) is 18.6. The first-order valence-corrected chi connectivity index (χ1v) is 8.59. The molecule has 2 aromatic carbocycles. The molecule has 0 aliphatic heterocycles. The molecule has 0 atom stereocenters. The van der Waals surface area contributed by atoms with Crippen LogP contribution in [0, 0.1) is 30.6 Å². The summed E-state index contributed by atoms with van der Waals surface area (Å²) in [4.78, 5) is 0. The molecule has 126 valence electrons. The maximum atomic E-state index is 9.51. The second-order valence-corrected chi connectivity index (χ2v) is 6.15. The zero-order valence-electron chi connectivity index (χ0n) is 14.2. The van der Waals surface area contributed by atoms with E-state index < -0.39 is 0 Å². The van der Waals surface area contributed by atoms with Gasteiger partial charge in [-0.15, -0.1) is 6.42 Å². The van der Waals surface area contributed by atoms with Crippen LogP contribution in [0.2, 0.25) is 0 Å². The van der Waals surface area contributed by atoms with Crippen molar-refractivity contribution in [3.05, 3.63) is 57.6 Å². The van der Waals surface area contributed by atoms with Gasteiger partial charge in [-0.05, 0) is 59.1 Å². The number of rotatable bonds is 6. The molecule has 2 aromatic rings. The zero-order valence-corrected chi connectivity index (χ0v) is 15.8. The van der Waals surface area contributed by atoms with Crippen molar-refractivity contribution >= 4 is 27.6 Å². The second kappa shape index (κ2) is 8.97. The quantitative estimate of drug-likeness (QED) is 0.381. The van der Waals surface area contributed by atoms with Crippen LogP contribution < -0.4 is 9.47 Å². The summed E-state index contributed by atoms with van der Waals surface area (Å²) in [7, 11) is 0. The molecule has 0 fully saturated rings. The van der Waals surface area contributed by atoms with E-state index in [1.165, 1.54) is 0 Å². The molecule has 0 aliphatic rings. The van der Waals surface area contributed by atoms with Gasteiger partial charge in [0.2, 0.25) is 0 Å². The monoisotopic (exact) mass is 395 g/mol. The SMILES string of the molecule is C#CCOc1c(Br)cc(/C=C(\C#N)c2ccc(C)cc2)cc1OCC. The number of nitriles is 1. The number of hydrogen-bond acceptors (Lipinski definition) is 3. The molecule has 0 saturated heterocycles. The summed E-state index contributed by atoms with van der Waals surface area (Å²) in [5, 5.41) is 9.51. The summed E-state index contributed by atoms with van der Waals surface area (Å²) < 4.78 is 11.9. The van der Waals surface area contributed by atoms with Gasteiger partial charge in [0.05, 0.1) is 22.7 Å². The molecule has 0 aromatic heterocycles. The lowest BCUT2D eigenvalue weighted by molar-refractivity contribution is 0.298. The van der Waals surface area contributed by atoms with Crippen LogP contribution in [0.1, 0.15) is 23.6 Å². The third-order valence-electron chi connectivity index (χ3n) is 3.43. The largest absolute Gasteiger partial charge is 0.490 e. The molecule has 0 aliphatic carbocycles. The van der Waals surface area contributed by atoms with Crippen molar-refractivity contribution in [2.75, 3.05) is 13.2 Å². The number of hydrogen-bond donors (Lipinski definition) is 0. The first-order chi connectivity index (χ1) is 12.1. The Morgan fingerprint density at radius 1 is 1.24 bits per heavy atom. The highest BCUT2D eigenvalue weighted by Gasteiger charge is 2.12. The number of allylic oxidation sites excluding steroid dienone is 1. The lowest BCUT2D eigenvalue weighted by Gasteiger charge is -2.13. The van der Waals surface area contributed by atoms with Crippen molar-refractivity contribution in [2.24, 2.45) is 0 Å². The van der Waals surface area contributed by atoms with Crippen molar-refractivity contribution < 1.29 is 9.47 Å². The van der Waals surface area contributed by atoms with Gasteiger partial charge in [0.15, 0.2) is 11.5 Å². The van der Waals surface area contributed by atoms with Gasteiger partial charge in [0, 0.05) is 0 Å². The Hall–Kier alpha value is -2.69. The number of halogens is 1. The highest BCUT2D eigenvalue weighted by molar-refractivity contribution is 9.10. The smallest absolute Gasteiger partial charge is 0.176 e. The maximum Gasteiger partial charge on any atom is 0.176 e.